The van der Waals surface area contributed by atoms with Gasteiger partial charge in [0.2, 0.25) is 5.82 Å². The number of anilines is 1. The summed E-state index contributed by atoms with van der Waals surface area (Å²) in [5, 5.41) is 7.82. The number of fused-ring (bicyclic) bond motifs is 1. The van der Waals surface area contributed by atoms with Crippen molar-refractivity contribution in [1.82, 2.24) is 24.7 Å². The van der Waals surface area contributed by atoms with E-state index in [1.54, 1.807) is 12.1 Å². The third kappa shape index (κ3) is 4.01. The van der Waals surface area contributed by atoms with Crippen molar-refractivity contribution in [2.45, 2.75) is 11.8 Å². The molecule has 27 heavy (non-hydrogen) atoms. The molecule has 142 valence electrons. The second kappa shape index (κ2) is 7.36. The minimum Gasteiger partial charge on any atom is -0.353 e. The molecule has 0 atom stereocenters. The van der Waals surface area contributed by atoms with Gasteiger partial charge in [-0.25, -0.2) is 0 Å². The molecule has 0 saturated carbocycles. The Morgan fingerprint density at radius 3 is 2.41 bits per heavy atom. The lowest BCUT2D eigenvalue weighted by Crippen LogP contribution is -2.47. The van der Waals surface area contributed by atoms with Crippen molar-refractivity contribution in [3.05, 3.63) is 53.9 Å². The molecular formula is C18H19ClF2N6. The number of rotatable bonds is 5. The number of hydrogen-bond acceptors (Lipinski definition) is 5. The smallest absolute Gasteiger partial charge is 0.353 e. The largest absolute Gasteiger partial charge is 0.383 e. The molecule has 2 aromatic heterocycles. The Hall–Kier alpha value is -2.32. The van der Waals surface area contributed by atoms with E-state index < -0.39 is 11.2 Å². The van der Waals surface area contributed by atoms with Gasteiger partial charge >= 0.3 is 5.38 Å². The summed E-state index contributed by atoms with van der Waals surface area (Å²) in [4.78, 5) is 4.48. The molecule has 0 aliphatic carbocycles. The average molecular weight is 393 g/mol. The monoisotopic (exact) mass is 392 g/mol. The average Bonchev–Trinajstić information content (AvgIpc) is 3.11. The summed E-state index contributed by atoms with van der Waals surface area (Å²) >= 11 is 5.10. The van der Waals surface area contributed by atoms with Crippen molar-refractivity contribution in [3.63, 3.8) is 0 Å². The molecule has 0 bridgehead atoms. The van der Waals surface area contributed by atoms with Gasteiger partial charge in [0.25, 0.3) is 0 Å². The predicted octanol–water partition coefficient (Wildman–Crippen LogP) is 2.78. The van der Waals surface area contributed by atoms with Gasteiger partial charge in [0, 0.05) is 32.7 Å². The van der Waals surface area contributed by atoms with Gasteiger partial charge < -0.3 is 4.90 Å². The van der Waals surface area contributed by atoms with Crippen molar-refractivity contribution < 1.29 is 8.78 Å². The van der Waals surface area contributed by atoms with Crippen LogP contribution in [0.25, 0.3) is 5.65 Å². The Labute approximate surface area is 160 Å². The van der Waals surface area contributed by atoms with Crippen molar-refractivity contribution in [2.75, 3.05) is 37.6 Å². The highest BCUT2D eigenvalue weighted by atomic mass is 35.5. The summed E-state index contributed by atoms with van der Waals surface area (Å²) in [5.74, 6) is -0.0466. The van der Waals surface area contributed by atoms with Crippen LogP contribution in [0.4, 0.5) is 14.6 Å². The fourth-order valence-corrected chi connectivity index (χ4v) is 3.37. The van der Waals surface area contributed by atoms with Crippen LogP contribution in [0.2, 0.25) is 0 Å². The van der Waals surface area contributed by atoms with Gasteiger partial charge in [-0.05, 0) is 35.7 Å². The Bertz CT molecular complexity index is 903. The van der Waals surface area contributed by atoms with Crippen LogP contribution in [0.1, 0.15) is 11.4 Å². The first-order chi connectivity index (χ1) is 13.0. The molecule has 6 nitrogen and oxygen atoms in total. The molecule has 1 aliphatic rings. The van der Waals surface area contributed by atoms with Gasteiger partial charge in [0.1, 0.15) is 5.82 Å². The van der Waals surface area contributed by atoms with Crippen LogP contribution in [0, 0.1) is 0 Å². The molecule has 4 rings (SSSR count). The summed E-state index contributed by atoms with van der Waals surface area (Å²) in [6.45, 7) is 4.35. The maximum Gasteiger partial charge on any atom is 0.383 e. The standard InChI is InChI=1S/C18H19ClF2N6/c19-18(20,21)17-23-22-15-6-7-16(24-27(15)17)26-12-10-25(11-13-26)9-8-14-4-2-1-3-5-14/h1-7H,8-13H2. The second-order valence-corrected chi connectivity index (χ2v) is 7.02. The first-order valence-corrected chi connectivity index (χ1v) is 9.19. The number of alkyl halides is 3. The molecule has 0 N–H and O–H groups in total. The van der Waals surface area contributed by atoms with Gasteiger partial charge in [-0.2, -0.15) is 13.3 Å². The third-order valence-corrected chi connectivity index (χ3v) is 4.93. The zero-order valence-electron chi connectivity index (χ0n) is 14.6. The molecule has 3 heterocycles. The summed E-state index contributed by atoms with van der Waals surface area (Å²) in [7, 11) is 0. The van der Waals surface area contributed by atoms with Crippen LogP contribution in [-0.4, -0.2) is 57.4 Å². The Morgan fingerprint density at radius 1 is 0.963 bits per heavy atom. The van der Waals surface area contributed by atoms with E-state index in [9.17, 15) is 8.78 Å². The fourth-order valence-electron chi connectivity index (χ4n) is 3.26. The molecular weight excluding hydrogens is 374 g/mol. The molecule has 1 aliphatic heterocycles. The summed E-state index contributed by atoms with van der Waals surface area (Å²) in [5.41, 5.74) is 1.57. The second-order valence-electron chi connectivity index (χ2n) is 6.55. The molecule has 0 spiro atoms. The van der Waals surface area contributed by atoms with Crippen molar-refractivity contribution in [3.8, 4) is 0 Å². The minimum absolute atomic E-state index is 0.246. The van der Waals surface area contributed by atoms with Crippen LogP contribution >= 0.6 is 11.6 Å². The first kappa shape index (κ1) is 18.1. The van der Waals surface area contributed by atoms with Crippen molar-refractivity contribution in [1.29, 1.82) is 0 Å². The van der Waals surface area contributed by atoms with Crippen LogP contribution in [0.3, 0.4) is 0 Å². The molecule has 3 aromatic rings. The van der Waals surface area contributed by atoms with Crippen molar-refractivity contribution >= 4 is 23.1 Å². The number of benzene rings is 1. The summed E-state index contributed by atoms with van der Waals surface area (Å²) < 4.78 is 27.9. The maximum atomic E-state index is 13.4. The Morgan fingerprint density at radius 2 is 1.70 bits per heavy atom. The molecule has 0 radical (unpaired) electrons. The quantitative estimate of drug-likeness (QED) is 0.625. The lowest BCUT2D eigenvalue weighted by molar-refractivity contribution is 0.0820. The van der Waals surface area contributed by atoms with Gasteiger partial charge in [0.05, 0.1) is 0 Å². The van der Waals surface area contributed by atoms with Crippen LogP contribution < -0.4 is 4.90 Å². The zero-order chi connectivity index (χ0) is 18.9. The number of aromatic nitrogens is 4. The topological polar surface area (TPSA) is 49.6 Å². The van der Waals surface area contributed by atoms with Crippen LogP contribution in [0.15, 0.2) is 42.5 Å². The Balaban J connectivity index is 1.40. The lowest BCUT2D eigenvalue weighted by atomic mass is 10.1. The third-order valence-electron chi connectivity index (χ3n) is 4.76. The fraction of sp³-hybridized carbons (Fsp3) is 0.389. The van der Waals surface area contributed by atoms with Crippen molar-refractivity contribution in [2.24, 2.45) is 0 Å². The SMILES string of the molecule is FC(F)(Cl)c1nnc2ccc(N3CCN(CCc4ccccc4)CC3)nn12. The van der Waals surface area contributed by atoms with Crippen LogP contribution in [-0.2, 0) is 11.8 Å². The van der Waals surface area contributed by atoms with E-state index in [0.29, 0.717) is 5.82 Å². The highest BCUT2D eigenvalue weighted by Crippen LogP contribution is 2.30. The predicted molar refractivity (Wildman–Crippen MR) is 99.3 cm³/mol. The van der Waals surface area contributed by atoms with Gasteiger partial charge in [-0.3, -0.25) is 4.90 Å². The lowest BCUT2D eigenvalue weighted by Gasteiger charge is -2.35. The molecule has 0 unspecified atom stereocenters. The molecule has 1 saturated heterocycles. The molecule has 9 heteroatoms. The van der Waals surface area contributed by atoms with Crippen LogP contribution in [0.5, 0.6) is 0 Å². The van der Waals surface area contributed by atoms with Gasteiger partial charge in [-0.15, -0.1) is 15.3 Å². The highest BCUT2D eigenvalue weighted by Gasteiger charge is 2.35. The molecule has 0 amide bonds. The van der Waals surface area contributed by atoms with E-state index in [0.717, 1.165) is 43.7 Å². The van der Waals surface area contributed by atoms with E-state index in [1.165, 1.54) is 5.56 Å². The number of piperazine rings is 1. The Kier molecular flexibility index (Phi) is 4.92. The normalized spacial score (nSPS) is 16.2. The van der Waals surface area contributed by atoms with E-state index in [2.05, 4.69) is 49.4 Å². The van der Waals surface area contributed by atoms with Gasteiger partial charge in [0.15, 0.2) is 5.65 Å². The summed E-state index contributed by atoms with van der Waals surface area (Å²) in [6, 6.07) is 13.8. The van der Waals surface area contributed by atoms with E-state index in [-0.39, 0.29) is 5.65 Å². The zero-order valence-corrected chi connectivity index (χ0v) is 15.4. The van der Waals surface area contributed by atoms with E-state index >= 15 is 0 Å². The molecule has 1 fully saturated rings. The minimum atomic E-state index is -3.61. The molecule has 1 aromatic carbocycles. The number of hydrogen-bond donors (Lipinski definition) is 0. The summed E-state index contributed by atoms with van der Waals surface area (Å²) in [6.07, 6.45) is 1.01. The van der Waals surface area contributed by atoms with E-state index in [4.69, 9.17) is 11.6 Å². The first-order valence-electron chi connectivity index (χ1n) is 8.81. The maximum absolute atomic E-state index is 13.4. The number of halogens is 3. The van der Waals surface area contributed by atoms with Gasteiger partial charge in [-0.1, -0.05) is 30.3 Å². The highest BCUT2D eigenvalue weighted by molar-refractivity contribution is 6.21. The van der Waals surface area contributed by atoms with E-state index in [1.807, 2.05) is 6.07 Å². The number of nitrogens with zero attached hydrogens (tertiary/aromatic N) is 6.